The van der Waals surface area contributed by atoms with Gasteiger partial charge in [-0.1, -0.05) is 47.7 Å². The molecule has 4 rings (SSSR count). The summed E-state index contributed by atoms with van der Waals surface area (Å²) in [6.07, 6.45) is 0. The number of aryl methyl sites for hydroxylation is 1. The summed E-state index contributed by atoms with van der Waals surface area (Å²) in [7, 11) is 1.61. The number of amides is 1. The lowest BCUT2D eigenvalue weighted by atomic mass is 10.2. The van der Waals surface area contributed by atoms with Gasteiger partial charge in [0.2, 0.25) is 5.91 Å². The van der Waals surface area contributed by atoms with E-state index in [1.165, 1.54) is 22.2 Å². The van der Waals surface area contributed by atoms with Crippen molar-refractivity contribution in [2.45, 2.75) is 22.7 Å². The maximum atomic E-state index is 12.5. The summed E-state index contributed by atoms with van der Waals surface area (Å²) in [5, 5.41) is 12.4. The van der Waals surface area contributed by atoms with E-state index in [2.05, 4.69) is 46.7 Å². The molecule has 33 heavy (non-hydrogen) atoms. The van der Waals surface area contributed by atoms with Crippen LogP contribution in [0.2, 0.25) is 0 Å². The monoisotopic (exact) mass is 476 g/mol. The molecule has 0 fully saturated rings. The number of carbonyl (C=O) groups is 1. The van der Waals surface area contributed by atoms with E-state index in [1.54, 1.807) is 18.9 Å². The molecule has 0 spiro atoms. The Morgan fingerprint density at radius 1 is 0.939 bits per heavy atom. The van der Waals surface area contributed by atoms with E-state index >= 15 is 0 Å². The molecule has 0 bridgehead atoms. The zero-order chi connectivity index (χ0) is 23.0. The summed E-state index contributed by atoms with van der Waals surface area (Å²) in [5.41, 5.74) is 2.93. The molecule has 8 heteroatoms. The van der Waals surface area contributed by atoms with Crippen molar-refractivity contribution in [2.24, 2.45) is 0 Å². The van der Waals surface area contributed by atoms with Crippen LogP contribution in [0.3, 0.4) is 0 Å². The van der Waals surface area contributed by atoms with Gasteiger partial charge in [0.15, 0.2) is 5.16 Å². The number of para-hydroxylation sites is 1. The van der Waals surface area contributed by atoms with Gasteiger partial charge in [0.1, 0.15) is 11.6 Å². The number of carbonyl (C=O) groups excluding carboxylic acids is 1. The minimum absolute atomic E-state index is 0.108. The highest BCUT2D eigenvalue weighted by Gasteiger charge is 2.16. The molecule has 0 aliphatic heterocycles. The number of ether oxygens (including phenoxy) is 1. The lowest BCUT2D eigenvalue weighted by molar-refractivity contribution is -0.113. The van der Waals surface area contributed by atoms with E-state index in [-0.39, 0.29) is 11.7 Å². The number of aromatic nitrogens is 3. The third-order valence-corrected chi connectivity index (χ3v) is 6.75. The van der Waals surface area contributed by atoms with Crippen LogP contribution in [0, 0.1) is 6.92 Å². The van der Waals surface area contributed by atoms with Crippen molar-refractivity contribution in [3.05, 3.63) is 90.3 Å². The van der Waals surface area contributed by atoms with Crippen molar-refractivity contribution in [1.29, 1.82) is 0 Å². The first-order valence-electron chi connectivity index (χ1n) is 10.4. The maximum Gasteiger partial charge on any atom is 0.234 e. The molecule has 1 amide bonds. The Morgan fingerprint density at radius 3 is 2.36 bits per heavy atom. The number of methoxy groups -OCH3 is 1. The van der Waals surface area contributed by atoms with Gasteiger partial charge in [-0.25, -0.2) is 0 Å². The van der Waals surface area contributed by atoms with Crippen LogP contribution in [-0.4, -0.2) is 33.5 Å². The number of thioether (sulfide) groups is 2. The van der Waals surface area contributed by atoms with Gasteiger partial charge < -0.3 is 10.1 Å². The Labute approximate surface area is 201 Å². The molecule has 4 aromatic rings. The summed E-state index contributed by atoms with van der Waals surface area (Å²) in [4.78, 5) is 13.7. The molecule has 0 aliphatic carbocycles. The predicted octanol–water partition coefficient (Wildman–Crippen LogP) is 5.61. The standard InChI is InChI=1S/C25H24N4O2S2/c1-18-8-14-22(15-9-18)32-16-23-27-28-25(29(23)20-6-4-3-5-7-20)33-17-24(30)26-19-10-12-21(31-2)13-11-19/h3-15H,16-17H2,1-2H3,(H,26,30). The fourth-order valence-corrected chi connectivity index (χ4v) is 4.69. The molecule has 1 N–H and O–H groups in total. The molecule has 168 valence electrons. The van der Waals surface area contributed by atoms with Gasteiger partial charge in [0, 0.05) is 16.3 Å². The van der Waals surface area contributed by atoms with Crippen molar-refractivity contribution in [2.75, 3.05) is 18.2 Å². The molecule has 0 unspecified atom stereocenters. The topological polar surface area (TPSA) is 69.0 Å². The summed E-state index contributed by atoms with van der Waals surface area (Å²) >= 11 is 3.08. The minimum atomic E-state index is -0.108. The number of rotatable bonds is 9. The van der Waals surface area contributed by atoms with Gasteiger partial charge >= 0.3 is 0 Å². The highest BCUT2D eigenvalue weighted by atomic mass is 32.2. The number of nitrogens with zero attached hydrogens (tertiary/aromatic N) is 3. The van der Waals surface area contributed by atoms with Crippen LogP contribution in [-0.2, 0) is 10.5 Å². The quantitative estimate of drug-likeness (QED) is 0.317. The number of hydrogen-bond acceptors (Lipinski definition) is 6. The molecule has 0 radical (unpaired) electrons. The molecular weight excluding hydrogens is 452 g/mol. The van der Waals surface area contributed by atoms with Crippen molar-refractivity contribution in [1.82, 2.24) is 14.8 Å². The van der Waals surface area contributed by atoms with E-state index in [0.29, 0.717) is 10.9 Å². The average molecular weight is 477 g/mol. The fraction of sp³-hybridized carbons (Fsp3) is 0.160. The Balaban J connectivity index is 1.46. The van der Waals surface area contributed by atoms with E-state index in [9.17, 15) is 4.79 Å². The average Bonchev–Trinajstić information content (AvgIpc) is 3.26. The van der Waals surface area contributed by atoms with E-state index in [4.69, 9.17) is 4.74 Å². The van der Waals surface area contributed by atoms with Crippen LogP contribution in [0.15, 0.2) is 88.9 Å². The summed E-state index contributed by atoms with van der Waals surface area (Å²) in [6, 6.07) is 25.7. The number of benzene rings is 3. The minimum Gasteiger partial charge on any atom is -0.497 e. The SMILES string of the molecule is COc1ccc(NC(=O)CSc2nnc(CSc3ccc(C)cc3)n2-c2ccccc2)cc1. The van der Waals surface area contributed by atoms with Gasteiger partial charge in [-0.3, -0.25) is 9.36 Å². The molecule has 0 atom stereocenters. The van der Waals surface area contributed by atoms with Crippen molar-refractivity contribution in [3.63, 3.8) is 0 Å². The van der Waals surface area contributed by atoms with Gasteiger partial charge in [-0.05, 0) is 55.5 Å². The third kappa shape index (κ3) is 6.18. The lowest BCUT2D eigenvalue weighted by Gasteiger charge is -2.10. The zero-order valence-electron chi connectivity index (χ0n) is 18.4. The smallest absolute Gasteiger partial charge is 0.234 e. The van der Waals surface area contributed by atoms with Crippen LogP contribution in [0.4, 0.5) is 5.69 Å². The second kappa shape index (κ2) is 11.1. The first kappa shape index (κ1) is 22.9. The first-order valence-corrected chi connectivity index (χ1v) is 12.4. The highest BCUT2D eigenvalue weighted by Crippen LogP contribution is 2.27. The second-order valence-corrected chi connectivity index (χ2v) is 9.23. The van der Waals surface area contributed by atoms with Crippen molar-refractivity contribution >= 4 is 35.1 Å². The predicted molar refractivity (Wildman–Crippen MR) is 134 cm³/mol. The molecule has 1 heterocycles. The van der Waals surface area contributed by atoms with Crippen LogP contribution < -0.4 is 10.1 Å². The van der Waals surface area contributed by atoms with Gasteiger partial charge in [0.05, 0.1) is 18.6 Å². The Kier molecular flexibility index (Phi) is 7.70. The molecule has 0 aliphatic rings. The first-order chi connectivity index (χ1) is 16.1. The van der Waals surface area contributed by atoms with Crippen LogP contribution >= 0.6 is 23.5 Å². The number of nitrogens with one attached hydrogen (secondary N) is 1. The van der Waals surface area contributed by atoms with Crippen LogP contribution in [0.5, 0.6) is 5.75 Å². The summed E-state index contributed by atoms with van der Waals surface area (Å²) in [6.45, 7) is 2.08. The van der Waals surface area contributed by atoms with E-state index in [0.717, 1.165) is 22.9 Å². The molecule has 1 aromatic heterocycles. The highest BCUT2D eigenvalue weighted by molar-refractivity contribution is 7.99. The van der Waals surface area contributed by atoms with Gasteiger partial charge in [0.25, 0.3) is 0 Å². The number of hydrogen-bond donors (Lipinski definition) is 1. The zero-order valence-corrected chi connectivity index (χ0v) is 20.0. The maximum absolute atomic E-state index is 12.5. The van der Waals surface area contributed by atoms with Crippen LogP contribution in [0.1, 0.15) is 11.4 Å². The molecular formula is C25H24N4O2S2. The Morgan fingerprint density at radius 2 is 1.67 bits per heavy atom. The molecule has 6 nitrogen and oxygen atoms in total. The summed E-state index contributed by atoms with van der Waals surface area (Å²) in [5.74, 6) is 2.37. The molecule has 0 saturated heterocycles. The third-order valence-electron chi connectivity index (χ3n) is 4.81. The Bertz CT molecular complexity index is 1190. The summed E-state index contributed by atoms with van der Waals surface area (Å²) < 4.78 is 7.17. The van der Waals surface area contributed by atoms with Crippen molar-refractivity contribution < 1.29 is 9.53 Å². The fourth-order valence-electron chi connectivity index (χ4n) is 3.11. The van der Waals surface area contributed by atoms with E-state index < -0.39 is 0 Å². The second-order valence-electron chi connectivity index (χ2n) is 7.24. The van der Waals surface area contributed by atoms with E-state index in [1.807, 2.05) is 59.2 Å². The van der Waals surface area contributed by atoms with Gasteiger partial charge in [-0.2, -0.15) is 0 Å². The Hall–Kier alpha value is -3.23. The number of anilines is 1. The van der Waals surface area contributed by atoms with Crippen molar-refractivity contribution in [3.8, 4) is 11.4 Å². The van der Waals surface area contributed by atoms with Gasteiger partial charge in [-0.15, -0.1) is 22.0 Å². The molecule has 3 aromatic carbocycles. The van der Waals surface area contributed by atoms with Crippen LogP contribution in [0.25, 0.3) is 5.69 Å². The normalized spacial score (nSPS) is 10.7. The lowest BCUT2D eigenvalue weighted by Crippen LogP contribution is -2.14. The molecule has 0 saturated carbocycles. The largest absolute Gasteiger partial charge is 0.497 e.